The van der Waals surface area contributed by atoms with Crippen LogP contribution in [0, 0.1) is 17.0 Å². The molecule has 0 unspecified atom stereocenters. The van der Waals surface area contributed by atoms with E-state index < -0.39 is 35.9 Å². The highest BCUT2D eigenvalue weighted by Gasteiger charge is 2.16. The molecular weight excluding hydrogens is 425 g/mol. The highest BCUT2D eigenvalue weighted by atomic mass is 35.5. The Balaban J connectivity index is 1.84. The minimum Gasteiger partial charge on any atom is -0.454 e. The van der Waals surface area contributed by atoms with Gasteiger partial charge in [-0.15, -0.1) is 0 Å². The number of nitro benzene ring substituents is 1. The molecule has 0 radical (unpaired) electrons. The number of ether oxygens (including phenoxy) is 1. The van der Waals surface area contributed by atoms with Crippen molar-refractivity contribution in [1.29, 1.82) is 0 Å². The Morgan fingerprint density at radius 1 is 1.17 bits per heavy atom. The van der Waals surface area contributed by atoms with Crippen molar-refractivity contribution in [2.45, 2.75) is 6.92 Å². The van der Waals surface area contributed by atoms with Crippen molar-refractivity contribution in [2.75, 3.05) is 18.5 Å². The summed E-state index contributed by atoms with van der Waals surface area (Å²) < 4.78 is 4.79. The number of amides is 2. The highest BCUT2D eigenvalue weighted by Crippen LogP contribution is 2.23. The van der Waals surface area contributed by atoms with Crippen LogP contribution in [0.25, 0.3) is 0 Å². The quantitative estimate of drug-likeness (QED) is 0.387. The average Bonchev–Trinajstić information content (AvgIpc) is 2.67. The maximum absolute atomic E-state index is 12.0. The molecule has 2 aromatic rings. The number of anilines is 1. The monoisotopic (exact) mass is 439 g/mol. The van der Waals surface area contributed by atoms with Gasteiger partial charge in [-0.3, -0.25) is 24.5 Å². The number of carbonyl (C=O) groups excluding carboxylic acids is 3. The predicted octanol–water partition coefficient (Wildman–Crippen LogP) is 3.12. The van der Waals surface area contributed by atoms with Gasteiger partial charge in [-0.1, -0.05) is 29.3 Å². The number of nitro groups is 1. The van der Waals surface area contributed by atoms with E-state index in [1.54, 1.807) is 25.1 Å². The number of nitrogens with zero attached hydrogens (tertiary/aromatic N) is 1. The van der Waals surface area contributed by atoms with E-state index in [-0.39, 0.29) is 16.3 Å². The molecule has 0 aliphatic rings. The summed E-state index contributed by atoms with van der Waals surface area (Å²) in [7, 11) is 0. The topological polar surface area (TPSA) is 128 Å². The van der Waals surface area contributed by atoms with Crippen LogP contribution >= 0.6 is 23.2 Å². The Hall–Kier alpha value is -3.17. The van der Waals surface area contributed by atoms with Crippen LogP contribution in [0.2, 0.25) is 10.0 Å². The molecule has 0 bridgehead atoms. The molecule has 2 N–H and O–H groups in total. The van der Waals surface area contributed by atoms with Gasteiger partial charge in [0.2, 0.25) is 0 Å². The lowest BCUT2D eigenvalue weighted by molar-refractivity contribution is -0.384. The first kappa shape index (κ1) is 22.1. The Bertz CT molecular complexity index is 980. The van der Waals surface area contributed by atoms with E-state index >= 15 is 0 Å². The average molecular weight is 440 g/mol. The molecular formula is C18H15Cl2N3O6. The zero-order chi connectivity index (χ0) is 21.6. The molecule has 2 amide bonds. The van der Waals surface area contributed by atoms with Gasteiger partial charge in [0.1, 0.15) is 6.54 Å². The van der Waals surface area contributed by atoms with Crippen molar-refractivity contribution in [3.8, 4) is 0 Å². The van der Waals surface area contributed by atoms with Crippen LogP contribution in [0.3, 0.4) is 0 Å². The second kappa shape index (κ2) is 9.85. The molecule has 0 saturated heterocycles. The third-order valence-electron chi connectivity index (χ3n) is 3.65. The molecule has 0 aromatic heterocycles. The summed E-state index contributed by atoms with van der Waals surface area (Å²) in [5.74, 6) is -2.21. The molecule has 0 heterocycles. The Morgan fingerprint density at radius 3 is 2.59 bits per heavy atom. The largest absolute Gasteiger partial charge is 0.454 e. The fraction of sp³-hybridized carbons (Fsp3) is 0.167. The third-order valence-corrected chi connectivity index (χ3v) is 4.28. The highest BCUT2D eigenvalue weighted by molar-refractivity contribution is 6.32. The smallest absolute Gasteiger partial charge is 0.325 e. The van der Waals surface area contributed by atoms with Crippen molar-refractivity contribution in [2.24, 2.45) is 0 Å². The second-order valence-electron chi connectivity index (χ2n) is 5.76. The molecule has 2 aromatic carbocycles. The first-order valence-corrected chi connectivity index (χ1v) is 8.86. The van der Waals surface area contributed by atoms with Gasteiger partial charge < -0.3 is 15.4 Å². The molecule has 29 heavy (non-hydrogen) atoms. The van der Waals surface area contributed by atoms with Crippen LogP contribution in [0.1, 0.15) is 15.9 Å². The van der Waals surface area contributed by atoms with Gasteiger partial charge in [-0.25, -0.2) is 0 Å². The van der Waals surface area contributed by atoms with E-state index in [4.69, 9.17) is 27.9 Å². The van der Waals surface area contributed by atoms with Crippen molar-refractivity contribution in [3.05, 3.63) is 67.7 Å². The number of rotatable bonds is 7. The third kappa shape index (κ3) is 6.44. The van der Waals surface area contributed by atoms with Crippen molar-refractivity contribution in [1.82, 2.24) is 5.32 Å². The van der Waals surface area contributed by atoms with E-state index in [0.29, 0.717) is 16.3 Å². The lowest BCUT2D eigenvalue weighted by Crippen LogP contribution is -2.32. The predicted molar refractivity (Wildman–Crippen MR) is 106 cm³/mol. The van der Waals surface area contributed by atoms with Gasteiger partial charge in [-0.05, 0) is 30.7 Å². The maximum Gasteiger partial charge on any atom is 0.325 e. The summed E-state index contributed by atoms with van der Waals surface area (Å²) in [5.41, 5.74) is 0.690. The Kier molecular flexibility index (Phi) is 7.52. The van der Waals surface area contributed by atoms with Crippen molar-refractivity contribution in [3.63, 3.8) is 0 Å². The lowest BCUT2D eigenvalue weighted by atomic mass is 10.2. The van der Waals surface area contributed by atoms with Gasteiger partial charge in [0.25, 0.3) is 17.5 Å². The number of hydrogen-bond acceptors (Lipinski definition) is 6. The van der Waals surface area contributed by atoms with E-state index in [1.165, 1.54) is 6.07 Å². The summed E-state index contributed by atoms with van der Waals surface area (Å²) in [6.07, 6.45) is 0. The molecule has 0 atom stereocenters. The number of carbonyl (C=O) groups is 3. The molecule has 0 fully saturated rings. The van der Waals surface area contributed by atoms with E-state index in [9.17, 15) is 24.5 Å². The molecule has 0 aliphatic heterocycles. The first-order valence-electron chi connectivity index (χ1n) is 8.11. The number of nitrogens with one attached hydrogen (secondary N) is 2. The van der Waals surface area contributed by atoms with Gasteiger partial charge in [-0.2, -0.15) is 0 Å². The SMILES string of the molecule is Cc1c(Cl)cccc1NC(=O)COC(=O)CNC(=O)c1cc(Cl)cc([N+](=O)[O-])c1. The van der Waals surface area contributed by atoms with Crippen molar-refractivity contribution < 1.29 is 24.0 Å². The Morgan fingerprint density at radius 2 is 1.90 bits per heavy atom. The second-order valence-corrected chi connectivity index (χ2v) is 6.60. The first-order chi connectivity index (χ1) is 13.7. The van der Waals surface area contributed by atoms with E-state index in [0.717, 1.165) is 12.1 Å². The zero-order valence-electron chi connectivity index (χ0n) is 15.0. The molecule has 0 spiro atoms. The number of esters is 1. The maximum atomic E-state index is 12.0. The minimum atomic E-state index is -0.868. The zero-order valence-corrected chi connectivity index (χ0v) is 16.5. The van der Waals surface area contributed by atoms with Crippen LogP contribution in [-0.4, -0.2) is 35.9 Å². The summed E-state index contributed by atoms with van der Waals surface area (Å²) >= 11 is 11.7. The fourth-order valence-electron chi connectivity index (χ4n) is 2.19. The van der Waals surface area contributed by atoms with Crippen LogP contribution in [0.4, 0.5) is 11.4 Å². The summed E-state index contributed by atoms with van der Waals surface area (Å²) in [6.45, 7) is 0.617. The molecule has 152 valence electrons. The lowest BCUT2D eigenvalue weighted by Gasteiger charge is -2.10. The minimum absolute atomic E-state index is 0.0000866. The van der Waals surface area contributed by atoms with E-state index in [1.807, 2.05) is 0 Å². The van der Waals surface area contributed by atoms with Crippen LogP contribution in [-0.2, 0) is 14.3 Å². The van der Waals surface area contributed by atoms with Crippen LogP contribution < -0.4 is 10.6 Å². The molecule has 0 aliphatic carbocycles. The van der Waals surface area contributed by atoms with Gasteiger partial charge in [0.05, 0.1) is 4.92 Å². The molecule has 2 rings (SSSR count). The Labute approximate surface area is 175 Å². The fourth-order valence-corrected chi connectivity index (χ4v) is 2.60. The standard InChI is InChI=1S/C18H15Cl2N3O6/c1-10-14(20)3-2-4-15(10)22-16(24)9-29-17(25)8-21-18(26)11-5-12(19)7-13(6-11)23(27)28/h2-7H,8-9H2,1H3,(H,21,26)(H,22,24). The van der Waals surface area contributed by atoms with Crippen molar-refractivity contribution >= 4 is 52.4 Å². The van der Waals surface area contributed by atoms with E-state index in [2.05, 4.69) is 10.6 Å². The molecule has 9 nitrogen and oxygen atoms in total. The number of hydrogen-bond donors (Lipinski definition) is 2. The number of halogens is 2. The molecule has 0 saturated carbocycles. The van der Waals surface area contributed by atoms with Crippen LogP contribution in [0.5, 0.6) is 0 Å². The van der Waals surface area contributed by atoms with Gasteiger partial charge in [0, 0.05) is 33.4 Å². The van der Waals surface area contributed by atoms with Gasteiger partial charge >= 0.3 is 5.97 Å². The summed E-state index contributed by atoms with van der Waals surface area (Å²) in [4.78, 5) is 45.8. The summed E-state index contributed by atoms with van der Waals surface area (Å²) in [5, 5.41) is 16.1. The summed E-state index contributed by atoms with van der Waals surface area (Å²) in [6, 6.07) is 8.30. The van der Waals surface area contributed by atoms with Gasteiger partial charge in [0.15, 0.2) is 6.61 Å². The number of benzene rings is 2. The normalized spacial score (nSPS) is 10.2. The van der Waals surface area contributed by atoms with Crippen LogP contribution in [0.15, 0.2) is 36.4 Å². The number of non-ortho nitro benzene ring substituents is 1. The molecule has 11 heteroatoms.